The van der Waals surface area contributed by atoms with Gasteiger partial charge in [0.1, 0.15) is 0 Å². The van der Waals surface area contributed by atoms with Crippen LogP contribution in [0.4, 0.5) is 0 Å². The van der Waals surface area contributed by atoms with E-state index in [-0.39, 0.29) is 0 Å². The van der Waals surface area contributed by atoms with E-state index in [9.17, 15) is 0 Å². The van der Waals surface area contributed by atoms with Crippen LogP contribution in [0, 0.1) is 0 Å². The highest BCUT2D eigenvalue weighted by Crippen LogP contribution is 2.07. The van der Waals surface area contributed by atoms with Gasteiger partial charge in [0, 0.05) is 0 Å². The third-order valence-corrected chi connectivity index (χ3v) is 2.82. The highest BCUT2D eigenvalue weighted by Gasteiger charge is 2.11. The Morgan fingerprint density at radius 3 is 2.67 bits per heavy atom. The molecule has 1 aliphatic rings. The average Bonchev–Trinajstić information content (AvgIpc) is 2.29. The molecule has 1 rings (SSSR count). The molecule has 0 aromatic rings. The Kier molecular flexibility index (Phi) is 7.58. The number of piperidine rings is 1. The van der Waals surface area contributed by atoms with E-state index in [0.29, 0.717) is 6.10 Å². The minimum absolute atomic E-state index is 0.510. The molecule has 1 heterocycles. The number of hydrogen-bond donors (Lipinski definition) is 1. The molecular weight excluding hydrogens is 186 g/mol. The Hall–Kier alpha value is -0.340. The molecule has 0 atom stereocenters. The number of allylic oxidation sites excluding steroid dienone is 1. The zero-order valence-corrected chi connectivity index (χ0v) is 10.0. The van der Waals surface area contributed by atoms with Crippen LogP contribution in [0.2, 0.25) is 0 Å². The van der Waals surface area contributed by atoms with Crippen LogP contribution in [0.5, 0.6) is 0 Å². The third kappa shape index (κ3) is 6.69. The van der Waals surface area contributed by atoms with E-state index in [4.69, 9.17) is 4.74 Å². The van der Waals surface area contributed by atoms with Crippen LogP contribution in [0.15, 0.2) is 12.2 Å². The molecule has 0 spiro atoms. The minimum Gasteiger partial charge on any atom is -0.378 e. The van der Waals surface area contributed by atoms with Crippen molar-refractivity contribution in [2.45, 2.75) is 51.6 Å². The predicted octanol–water partition coefficient (Wildman–Crippen LogP) is 2.89. The van der Waals surface area contributed by atoms with Crippen molar-refractivity contribution in [3.05, 3.63) is 12.2 Å². The number of nitrogens with one attached hydrogen (secondary N) is 1. The summed E-state index contributed by atoms with van der Waals surface area (Å²) < 4.78 is 5.80. The lowest BCUT2D eigenvalue weighted by atomic mass is 10.1. The van der Waals surface area contributed by atoms with Crippen molar-refractivity contribution in [2.24, 2.45) is 0 Å². The van der Waals surface area contributed by atoms with E-state index in [1.807, 2.05) is 0 Å². The Morgan fingerprint density at radius 1 is 1.20 bits per heavy atom. The molecule has 1 N–H and O–H groups in total. The van der Waals surface area contributed by atoms with Crippen LogP contribution < -0.4 is 5.32 Å². The molecule has 2 heteroatoms. The average molecular weight is 211 g/mol. The Bertz CT molecular complexity index is 162. The molecular formula is C13H25NO. The van der Waals surface area contributed by atoms with Crippen molar-refractivity contribution in [1.82, 2.24) is 5.32 Å². The van der Waals surface area contributed by atoms with E-state index in [1.165, 1.54) is 32.1 Å². The Morgan fingerprint density at radius 2 is 1.93 bits per heavy atom. The molecule has 0 radical (unpaired) electrons. The smallest absolute Gasteiger partial charge is 0.0599 e. The number of ether oxygens (including phenoxy) is 1. The monoisotopic (exact) mass is 211 g/mol. The maximum atomic E-state index is 5.80. The third-order valence-electron chi connectivity index (χ3n) is 2.82. The van der Waals surface area contributed by atoms with Crippen molar-refractivity contribution in [2.75, 3.05) is 19.7 Å². The summed E-state index contributed by atoms with van der Waals surface area (Å²) in [5.74, 6) is 0. The highest BCUT2D eigenvalue weighted by atomic mass is 16.5. The summed E-state index contributed by atoms with van der Waals surface area (Å²) in [4.78, 5) is 0. The van der Waals surface area contributed by atoms with Crippen molar-refractivity contribution in [1.29, 1.82) is 0 Å². The standard InChI is InChI=1S/C13H25NO/c1-2-3-4-5-6-7-12-15-13-8-10-14-11-9-13/h5-6,13-14H,2-4,7-12H2,1H3/b6-5+. The van der Waals surface area contributed by atoms with E-state index < -0.39 is 0 Å². The second kappa shape index (κ2) is 8.93. The fraction of sp³-hybridized carbons (Fsp3) is 0.846. The van der Waals surface area contributed by atoms with Gasteiger partial charge in [-0.1, -0.05) is 31.9 Å². The fourth-order valence-electron chi connectivity index (χ4n) is 1.82. The van der Waals surface area contributed by atoms with E-state index in [2.05, 4.69) is 24.4 Å². The summed E-state index contributed by atoms with van der Waals surface area (Å²) in [5.41, 5.74) is 0. The second-order valence-corrected chi connectivity index (χ2v) is 4.22. The molecule has 2 nitrogen and oxygen atoms in total. The van der Waals surface area contributed by atoms with Crippen LogP contribution in [-0.4, -0.2) is 25.8 Å². The molecule has 0 unspecified atom stereocenters. The first-order valence-corrected chi connectivity index (χ1v) is 6.40. The first kappa shape index (κ1) is 12.7. The van der Waals surface area contributed by atoms with Gasteiger partial charge in [-0.15, -0.1) is 0 Å². The molecule has 0 saturated carbocycles. The van der Waals surface area contributed by atoms with Crippen LogP contribution in [0.25, 0.3) is 0 Å². The zero-order valence-electron chi connectivity index (χ0n) is 10.0. The zero-order chi connectivity index (χ0) is 10.8. The van der Waals surface area contributed by atoms with Gasteiger partial charge in [0.15, 0.2) is 0 Å². The summed E-state index contributed by atoms with van der Waals surface area (Å²) >= 11 is 0. The van der Waals surface area contributed by atoms with Crippen LogP contribution in [-0.2, 0) is 4.74 Å². The number of unbranched alkanes of at least 4 members (excludes halogenated alkanes) is 2. The summed E-state index contributed by atoms with van der Waals surface area (Å²) in [6.45, 7) is 5.37. The molecule has 88 valence electrons. The minimum atomic E-state index is 0.510. The van der Waals surface area contributed by atoms with E-state index in [0.717, 1.165) is 26.1 Å². The van der Waals surface area contributed by atoms with Gasteiger partial charge in [-0.25, -0.2) is 0 Å². The Balaban J connectivity index is 1.89. The first-order chi connectivity index (χ1) is 7.43. The lowest BCUT2D eigenvalue weighted by Crippen LogP contribution is -2.32. The van der Waals surface area contributed by atoms with Gasteiger partial charge in [-0.3, -0.25) is 0 Å². The molecule has 1 fully saturated rings. The Labute approximate surface area is 94.1 Å². The molecule has 15 heavy (non-hydrogen) atoms. The van der Waals surface area contributed by atoms with Gasteiger partial charge in [0.05, 0.1) is 12.7 Å². The van der Waals surface area contributed by atoms with Crippen LogP contribution in [0.1, 0.15) is 45.4 Å². The first-order valence-electron chi connectivity index (χ1n) is 6.40. The van der Waals surface area contributed by atoms with E-state index >= 15 is 0 Å². The molecule has 1 aliphatic heterocycles. The lowest BCUT2D eigenvalue weighted by Gasteiger charge is -2.22. The van der Waals surface area contributed by atoms with Gasteiger partial charge in [-0.2, -0.15) is 0 Å². The van der Waals surface area contributed by atoms with Gasteiger partial charge < -0.3 is 10.1 Å². The maximum Gasteiger partial charge on any atom is 0.0599 e. The van der Waals surface area contributed by atoms with Crippen LogP contribution in [0.3, 0.4) is 0 Å². The SMILES string of the molecule is CCCC/C=C/CCOC1CCNCC1. The summed E-state index contributed by atoms with van der Waals surface area (Å²) in [6, 6.07) is 0. The molecule has 0 aromatic carbocycles. The summed E-state index contributed by atoms with van der Waals surface area (Å²) in [7, 11) is 0. The topological polar surface area (TPSA) is 21.3 Å². The van der Waals surface area contributed by atoms with Crippen LogP contribution >= 0.6 is 0 Å². The molecule has 0 bridgehead atoms. The summed E-state index contributed by atoms with van der Waals surface area (Å²) in [6.07, 6.45) is 12.3. The van der Waals surface area contributed by atoms with Gasteiger partial charge >= 0.3 is 0 Å². The fourth-order valence-corrected chi connectivity index (χ4v) is 1.82. The van der Waals surface area contributed by atoms with E-state index in [1.54, 1.807) is 0 Å². The molecule has 0 aliphatic carbocycles. The maximum absolute atomic E-state index is 5.80. The van der Waals surface area contributed by atoms with Gasteiger partial charge in [0.25, 0.3) is 0 Å². The predicted molar refractivity (Wildman–Crippen MR) is 65.1 cm³/mol. The number of hydrogen-bond acceptors (Lipinski definition) is 2. The summed E-state index contributed by atoms with van der Waals surface area (Å²) in [5, 5.41) is 3.35. The quantitative estimate of drug-likeness (QED) is 0.516. The van der Waals surface area contributed by atoms with Crippen molar-refractivity contribution in [3.8, 4) is 0 Å². The normalized spacial score (nSPS) is 18.7. The van der Waals surface area contributed by atoms with Gasteiger partial charge in [0.2, 0.25) is 0 Å². The second-order valence-electron chi connectivity index (χ2n) is 4.22. The van der Waals surface area contributed by atoms with Crippen molar-refractivity contribution in [3.63, 3.8) is 0 Å². The lowest BCUT2D eigenvalue weighted by molar-refractivity contribution is 0.0358. The van der Waals surface area contributed by atoms with Gasteiger partial charge in [-0.05, 0) is 38.8 Å². The molecule has 1 saturated heterocycles. The highest BCUT2D eigenvalue weighted by molar-refractivity contribution is 4.81. The van der Waals surface area contributed by atoms with Crippen molar-refractivity contribution < 1.29 is 4.74 Å². The largest absolute Gasteiger partial charge is 0.378 e. The molecule has 0 amide bonds. The number of rotatable bonds is 7. The molecule has 0 aromatic heterocycles. The van der Waals surface area contributed by atoms with Crippen molar-refractivity contribution >= 4 is 0 Å².